The van der Waals surface area contributed by atoms with Crippen LogP contribution >= 0.6 is 0 Å². The zero-order chi connectivity index (χ0) is 14.4. The fourth-order valence-corrected chi connectivity index (χ4v) is 1.81. The van der Waals surface area contributed by atoms with Crippen molar-refractivity contribution in [2.45, 2.75) is 6.61 Å². The van der Waals surface area contributed by atoms with Crippen LogP contribution < -0.4 is 16.6 Å². The largest absolute Gasteiger partial charge is 0.380 e. The van der Waals surface area contributed by atoms with Crippen molar-refractivity contribution in [3.8, 4) is 0 Å². The van der Waals surface area contributed by atoms with E-state index < -0.39 is 0 Å². The molecule has 1 aromatic heterocycles. The molecule has 0 saturated carbocycles. The van der Waals surface area contributed by atoms with E-state index in [0.29, 0.717) is 23.5 Å². The van der Waals surface area contributed by atoms with Gasteiger partial charge in [-0.05, 0) is 23.8 Å². The molecule has 0 radical (unpaired) electrons. The summed E-state index contributed by atoms with van der Waals surface area (Å²) in [5, 5.41) is 2.81. The molecular weight excluding hydrogens is 256 g/mol. The number of benzene rings is 1. The molecule has 1 heterocycles. The topological polar surface area (TPSA) is 89.3 Å². The second-order valence-corrected chi connectivity index (χ2v) is 4.15. The zero-order valence-electron chi connectivity index (χ0n) is 11.1. The molecule has 0 unspecified atom stereocenters. The molecule has 20 heavy (non-hydrogen) atoms. The second-order valence-electron chi connectivity index (χ2n) is 4.15. The molecule has 0 atom stereocenters. The molecule has 1 aromatic carbocycles. The third-order valence-corrected chi connectivity index (χ3v) is 2.72. The summed E-state index contributed by atoms with van der Waals surface area (Å²) in [6.45, 7) is 0.495. The normalized spacial score (nSPS) is 10.1. The number of pyridine rings is 1. The Morgan fingerprint density at radius 2 is 2.25 bits per heavy atom. The van der Waals surface area contributed by atoms with Gasteiger partial charge in [0, 0.05) is 19.0 Å². The lowest BCUT2D eigenvalue weighted by Gasteiger charge is -2.10. The highest BCUT2D eigenvalue weighted by Gasteiger charge is 2.11. The highest BCUT2D eigenvalue weighted by Crippen LogP contribution is 2.16. The van der Waals surface area contributed by atoms with E-state index >= 15 is 0 Å². The number of nitrogens with zero attached hydrogens (tertiary/aromatic N) is 1. The van der Waals surface area contributed by atoms with Crippen LogP contribution in [0.4, 0.5) is 11.4 Å². The van der Waals surface area contributed by atoms with Crippen molar-refractivity contribution >= 4 is 17.3 Å². The first-order valence-corrected chi connectivity index (χ1v) is 6.04. The van der Waals surface area contributed by atoms with Crippen LogP contribution in [0.5, 0.6) is 0 Å². The molecule has 0 fully saturated rings. The molecule has 0 saturated heterocycles. The maximum Gasteiger partial charge on any atom is 0.257 e. The van der Waals surface area contributed by atoms with Crippen molar-refractivity contribution in [3.63, 3.8) is 0 Å². The van der Waals surface area contributed by atoms with Gasteiger partial charge in [0.1, 0.15) is 0 Å². The Hall–Kier alpha value is -2.44. The number of ether oxygens (including phenoxy) is 1. The fraction of sp³-hybridized carbons (Fsp3) is 0.143. The fourth-order valence-electron chi connectivity index (χ4n) is 1.81. The number of aromatic nitrogens is 1. The van der Waals surface area contributed by atoms with Crippen molar-refractivity contribution in [3.05, 3.63) is 53.9 Å². The van der Waals surface area contributed by atoms with Gasteiger partial charge in [-0.15, -0.1) is 0 Å². The number of anilines is 2. The standard InChI is InChI=1S/C14H16N4O2/c1-20-9-10-3-2-4-11(7-10)17-14(19)12-5-6-16-8-13(12)18-15/h2-8,18H,9,15H2,1H3,(H,17,19). The van der Waals surface area contributed by atoms with Crippen molar-refractivity contribution in [2.75, 3.05) is 17.9 Å². The molecule has 6 heteroatoms. The van der Waals surface area contributed by atoms with Gasteiger partial charge in [-0.2, -0.15) is 0 Å². The molecule has 0 aliphatic rings. The second kappa shape index (κ2) is 6.65. The minimum Gasteiger partial charge on any atom is -0.380 e. The Morgan fingerprint density at radius 1 is 1.40 bits per heavy atom. The van der Waals surface area contributed by atoms with Crippen LogP contribution in [0.1, 0.15) is 15.9 Å². The molecule has 4 N–H and O–H groups in total. The van der Waals surface area contributed by atoms with E-state index in [-0.39, 0.29) is 5.91 Å². The lowest BCUT2D eigenvalue weighted by atomic mass is 10.2. The highest BCUT2D eigenvalue weighted by atomic mass is 16.5. The summed E-state index contributed by atoms with van der Waals surface area (Å²) in [5.41, 5.74) is 5.03. The minimum absolute atomic E-state index is 0.255. The van der Waals surface area contributed by atoms with E-state index in [1.54, 1.807) is 13.2 Å². The van der Waals surface area contributed by atoms with Gasteiger partial charge in [-0.3, -0.25) is 15.6 Å². The van der Waals surface area contributed by atoms with Gasteiger partial charge in [0.05, 0.1) is 24.1 Å². The Balaban J connectivity index is 2.17. The Bertz CT molecular complexity index is 601. The predicted octanol–water partition coefficient (Wildman–Crippen LogP) is 1.77. The SMILES string of the molecule is COCc1cccc(NC(=O)c2ccncc2NN)c1. The van der Waals surface area contributed by atoms with E-state index in [1.807, 2.05) is 24.3 Å². The van der Waals surface area contributed by atoms with Gasteiger partial charge < -0.3 is 15.5 Å². The van der Waals surface area contributed by atoms with Crippen LogP contribution in [0, 0.1) is 0 Å². The Kier molecular flexibility index (Phi) is 4.65. The molecule has 0 aliphatic carbocycles. The van der Waals surface area contributed by atoms with Gasteiger partial charge in [-0.25, -0.2) is 0 Å². The van der Waals surface area contributed by atoms with Crippen molar-refractivity contribution in [1.29, 1.82) is 0 Å². The first kappa shape index (κ1) is 14.0. The highest BCUT2D eigenvalue weighted by molar-refractivity contribution is 6.07. The number of rotatable bonds is 5. The summed E-state index contributed by atoms with van der Waals surface area (Å²) >= 11 is 0. The van der Waals surface area contributed by atoms with Gasteiger partial charge in [0.15, 0.2) is 0 Å². The van der Waals surface area contributed by atoms with Crippen LogP contribution in [-0.4, -0.2) is 18.0 Å². The maximum absolute atomic E-state index is 12.2. The number of amides is 1. The smallest absolute Gasteiger partial charge is 0.257 e. The van der Waals surface area contributed by atoms with E-state index in [0.717, 1.165) is 5.56 Å². The van der Waals surface area contributed by atoms with Gasteiger partial charge in [0.2, 0.25) is 0 Å². The quantitative estimate of drug-likeness (QED) is 0.570. The van der Waals surface area contributed by atoms with Crippen molar-refractivity contribution < 1.29 is 9.53 Å². The lowest BCUT2D eigenvalue weighted by Crippen LogP contribution is -2.17. The van der Waals surface area contributed by atoms with Crippen LogP contribution in [0.3, 0.4) is 0 Å². The molecular formula is C14H16N4O2. The number of hydrogen-bond acceptors (Lipinski definition) is 5. The number of hydrazine groups is 1. The predicted molar refractivity (Wildman–Crippen MR) is 77.2 cm³/mol. The van der Waals surface area contributed by atoms with Crippen molar-refractivity contribution in [1.82, 2.24) is 4.98 Å². The molecule has 0 bridgehead atoms. The Labute approximate surface area is 116 Å². The zero-order valence-corrected chi connectivity index (χ0v) is 11.1. The monoisotopic (exact) mass is 272 g/mol. The third kappa shape index (κ3) is 3.31. The molecule has 6 nitrogen and oxygen atoms in total. The number of hydrogen-bond donors (Lipinski definition) is 3. The lowest BCUT2D eigenvalue weighted by molar-refractivity contribution is 0.102. The summed E-state index contributed by atoms with van der Waals surface area (Å²) in [6, 6.07) is 9.06. The van der Waals surface area contributed by atoms with E-state index in [1.165, 1.54) is 12.4 Å². The van der Waals surface area contributed by atoms with E-state index in [9.17, 15) is 4.79 Å². The minimum atomic E-state index is -0.255. The van der Waals surface area contributed by atoms with Crippen molar-refractivity contribution in [2.24, 2.45) is 5.84 Å². The number of carbonyl (C=O) groups is 1. The molecule has 0 aliphatic heterocycles. The number of carbonyl (C=O) groups excluding carboxylic acids is 1. The average molecular weight is 272 g/mol. The Morgan fingerprint density at radius 3 is 3.00 bits per heavy atom. The van der Waals surface area contributed by atoms with Crippen LogP contribution in [-0.2, 0) is 11.3 Å². The summed E-state index contributed by atoms with van der Waals surface area (Å²) in [6.07, 6.45) is 3.04. The first-order chi connectivity index (χ1) is 9.74. The average Bonchev–Trinajstić information content (AvgIpc) is 2.48. The summed E-state index contributed by atoms with van der Waals surface area (Å²) in [5.74, 6) is 5.10. The van der Waals surface area contributed by atoms with Gasteiger partial charge >= 0.3 is 0 Å². The number of nitrogens with one attached hydrogen (secondary N) is 2. The number of nitrogens with two attached hydrogens (primary N) is 1. The van der Waals surface area contributed by atoms with Gasteiger partial charge in [-0.1, -0.05) is 12.1 Å². The number of methoxy groups -OCH3 is 1. The summed E-state index contributed by atoms with van der Waals surface area (Å²) in [7, 11) is 1.63. The maximum atomic E-state index is 12.2. The molecule has 0 spiro atoms. The van der Waals surface area contributed by atoms with Crippen LogP contribution in [0.2, 0.25) is 0 Å². The van der Waals surface area contributed by atoms with Gasteiger partial charge in [0.25, 0.3) is 5.91 Å². The molecule has 104 valence electrons. The molecule has 2 rings (SSSR count). The van der Waals surface area contributed by atoms with Crippen LogP contribution in [0.15, 0.2) is 42.7 Å². The van der Waals surface area contributed by atoms with E-state index in [4.69, 9.17) is 10.6 Å². The van der Waals surface area contributed by atoms with E-state index in [2.05, 4.69) is 15.7 Å². The molecule has 1 amide bonds. The van der Waals surface area contributed by atoms with Crippen LogP contribution in [0.25, 0.3) is 0 Å². The molecule has 2 aromatic rings. The summed E-state index contributed by atoms with van der Waals surface area (Å²) in [4.78, 5) is 16.1. The number of nitrogen functional groups attached to an aromatic ring is 1. The third-order valence-electron chi connectivity index (χ3n) is 2.72. The first-order valence-electron chi connectivity index (χ1n) is 6.04. The summed E-state index contributed by atoms with van der Waals surface area (Å²) < 4.78 is 5.06.